The van der Waals surface area contributed by atoms with Crippen LogP contribution in [0.2, 0.25) is 0 Å². The van der Waals surface area contributed by atoms with Crippen molar-refractivity contribution in [3.63, 3.8) is 0 Å². The van der Waals surface area contributed by atoms with Crippen molar-refractivity contribution in [1.29, 1.82) is 5.26 Å². The number of nitrogens with zero attached hydrogens (tertiary/aromatic N) is 1. The molecule has 6 heteroatoms. The van der Waals surface area contributed by atoms with Gasteiger partial charge in [0.05, 0.1) is 0 Å². The van der Waals surface area contributed by atoms with E-state index in [1.807, 2.05) is 0 Å². The van der Waals surface area contributed by atoms with Crippen LogP contribution in [0.15, 0.2) is 0 Å². The van der Waals surface area contributed by atoms with Crippen molar-refractivity contribution in [1.82, 2.24) is 0 Å². The summed E-state index contributed by atoms with van der Waals surface area (Å²) in [7, 11) is -1.96. The van der Waals surface area contributed by atoms with E-state index in [1.165, 1.54) is 0 Å². The average Bonchev–Trinajstić information content (AvgIpc) is 1.35. The van der Waals surface area contributed by atoms with Gasteiger partial charge in [-0.1, -0.05) is 0 Å². The maximum absolute atomic E-state index is 7.66. The van der Waals surface area contributed by atoms with Crippen LogP contribution in [0.25, 0.3) is 0 Å². The minimum Gasteiger partial charge on any atom is -1.00 e. The summed E-state index contributed by atoms with van der Waals surface area (Å²) in [6.07, 6.45) is 1.07. The summed E-state index contributed by atoms with van der Waals surface area (Å²) in [5.74, 6) is 0. The molecular weight excluding hydrogens is 108 g/mol. The van der Waals surface area contributed by atoms with E-state index in [2.05, 4.69) is 4.65 Å². The van der Waals surface area contributed by atoms with Crippen LogP contribution in [0.4, 0.5) is 0 Å². The second-order valence-corrected chi connectivity index (χ2v) is 0.535. The molecule has 7 heavy (non-hydrogen) atoms. The van der Waals surface area contributed by atoms with Crippen LogP contribution in [0.1, 0.15) is 2.85 Å². The first-order chi connectivity index (χ1) is 2.77. The molecule has 0 saturated heterocycles. The van der Waals surface area contributed by atoms with Crippen LogP contribution >= 0.6 is 0 Å². The van der Waals surface area contributed by atoms with Gasteiger partial charge in [0.25, 0.3) is 6.26 Å². The number of rotatable bonds is 1. The van der Waals surface area contributed by atoms with Crippen molar-refractivity contribution in [2.75, 3.05) is 0 Å². The minimum atomic E-state index is -1.96. The Morgan fingerprint density at radius 1 is 1.86 bits per heavy atom. The van der Waals surface area contributed by atoms with Crippen molar-refractivity contribution in [2.45, 2.75) is 0 Å². The molecule has 0 aliphatic carbocycles. The van der Waals surface area contributed by atoms with Crippen LogP contribution in [0.5, 0.6) is 0 Å². The maximum Gasteiger partial charge on any atom is 1.00 e. The van der Waals surface area contributed by atoms with Crippen LogP contribution in [-0.4, -0.2) is 17.4 Å². The van der Waals surface area contributed by atoms with Gasteiger partial charge in [0.15, 0.2) is 0 Å². The van der Waals surface area contributed by atoms with Crippen molar-refractivity contribution in [3.8, 4) is 6.26 Å². The molecule has 0 aromatic rings. The molecule has 36 valence electrons. The van der Waals surface area contributed by atoms with Crippen LogP contribution in [0, 0.1) is 11.5 Å². The Labute approximate surface area is 66.1 Å². The third-order valence-electron chi connectivity index (χ3n) is 0.158. The molecule has 0 aromatic carbocycles. The predicted octanol–water partition coefficient (Wildman–Crippen LogP) is -4.18. The van der Waals surface area contributed by atoms with Crippen molar-refractivity contribution < 1.29 is 47.1 Å². The summed E-state index contributed by atoms with van der Waals surface area (Å²) in [4.78, 5) is 0. The zero-order valence-corrected chi connectivity index (χ0v) is 5.83. The SMILES string of the molecule is N#COB(O)O.[H-].[HH].[Na+]. The van der Waals surface area contributed by atoms with Gasteiger partial charge in [-0.2, -0.15) is 5.26 Å². The summed E-state index contributed by atoms with van der Waals surface area (Å²) >= 11 is 0. The molecule has 0 heterocycles. The predicted molar refractivity (Wildman–Crippen MR) is 20.1 cm³/mol. The summed E-state index contributed by atoms with van der Waals surface area (Å²) in [5, 5.41) is 22.8. The van der Waals surface area contributed by atoms with Gasteiger partial charge in [-0.3, -0.25) is 0 Å². The molecule has 0 aliphatic heterocycles. The largest absolute Gasteiger partial charge is 1.00 e. The van der Waals surface area contributed by atoms with E-state index >= 15 is 0 Å². The molecule has 0 amide bonds. The van der Waals surface area contributed by atoms with Crippen LogP contribution in [-0.2, 0) is 4.65 Å². The molecule has 0 fully saturated rings. The molecule has 0 radical (unpaired) electrons. The molecule has 4 nitrogen and oxygen atoms in total. The monoisotopic (exact) mass is 113 g/mol. The quantitative estimate of drug-likeness (QED) is 0.267. The average molecular weight is 113 g/mol. The number of nitriles is 1. The zero-order valence-electron chi connectivity index (χ0n) is 4.83. The second-order valence-electron chi connectivity index (χ2n) is 0.535. The van der Waals surface area contributed by atoms with Crippen LogP contribution < -0.4 is 29.6 Å². The van der Waals surface area contributed by atoms with Crippen molar-refractivity contribution in [2.24, 2.45) is 0 Å². The fourth-order valence-electron chi connectivity index (χ4n) is 0.0471. The van der Waals surface area contributed by atoms with Gasteiger partial charge >= 0.3 is 36.9 Å². The number of hydrogen-bond donors (Lipinski definition) is 2. The maximum atomic E-state index is 7.66. The topological polar surface area (TPSA) is 73.5 Å². The second kappa shape index (κ2) is 6.27. The molecule has 0 aromatic heterocycles. The number of hydrogen-bond acceptors (Lipinski definition) is 4. The van der Waals surface area contributed by atoms with Gasteiger partial charge in [0.2, 0.25) is 0 Å². The standard InChI is InChI=1S/CH2BNO3.Na.H2.H/c3-1-6-2(4)5;;;/h4-5H;;1H;/q;+1;;-1. The van der Waals surface area contributed by atoms with E-state index < -0.39 is 7.32 Å². The normalized spacial score (nSPS) is 5.29. The first kappa shape index (κ1) is 10.3. The molecule has 0 aliphatic rings. The van der Waals surface area contributed by atoms with E-state index in [0.717, 1.165) is 6.26 Å². The fourth-order valence-corrected chi connectivity index (χ4v) is 0.0471. The molecule has 2 N–H and O–H groups in total. The Morgan fingerprint density at radius 2 is 2.29 bits per heavy atom. The van der Waals surface area contributed by atoms with Crippen molar-refractivity contribution >= 4 is 7.32 Å². The first-order valence-electron chi connectivity index (χ1n) is 1.18. The Kier molecular flexibility index (Phi) is 9.23. The van der Waals surface area contributed by atoms with Crippen molar-refractivity contribution in [3.05, 3.63) is 0 Å². The van der Waals surface area contributed by atoms with Gasteiger partial charge in [0.1, 0.15) is 0 Å². The summed E-state index contributed by atoms with van der Waals surface area (Å²) in [6, 6.07) is 0. The van der Waals surface area contributed by atoms with Crippen LogP contribution in [0.3, 0.4) is 0 Å². The van der Waals surface area contributed by atoms with E-state index in [-0.39, 0.29) is 32.4 Å². The third-order valence-corrected chi connectivity index (χ3v) is 0.158. The molecule has 0 saturated carbocycles. The Bertz CT molecular complexity index is 76.7. The smallest absolute Gasteiger partial charge is 1.00 e. The van der Waals surface area contributed by atoms with Gasteiger partial charge in [-0.25, -0.2) is 0 Å². The van der Waals surface area contributed by atoms with E-state index in [0.29, 0.717) is 0 Å². The van der Waals surface area contributed by atoms with E-state index in [9.17, 15) is 0 Å². The minimum absolute atomic E-state index is 0. The summed E-state index contributed by atoms with van der Waals surface area (Å²) < 4.78 is 3.46. The molecule has 0 unspecified atom stereocenters. The molecule has 0 atom stereocenters. The van der Waals surface area contributed by atoms with E-state index in [4.69, 9.17) is 15.3 Å². The van der Waals surface area contributed by atoms with Gasteiger partial charge in [0, 0.05) is 1.43 Å². The summed E-state index contributed by atoms with van der Waals surface area (Å²) in [5.41, 5.74) is 0. The molecular formula is CH5BNNaO3. The molecule has 0 spiro atoms. The van der Waals surface area contributed by atoms with Gasteiger partial charge in [-0.15, -0.1) is 0 Å². The third kappa shape index (κ3) is 10.7. The molecule has 0 bridgehead atoms. The molecule has 0 rings (SSSR count). The Balaban J connectivity index is -0.0000000417. The van der Waals surface area contributed by atoms with E-state index in [1.54, 1.807) is 0 Å². The zero-order chi connectivity index (χ0) is 4.99. The summed E-state index contributed by atoms with van der Waals surface area (Å²) in [6.45, 7) is 0. The van der Waals surface area contributed by atoms with Gasteiger partial charge < -0.3 is 16.1 Å². The first-order valence-corrected chi connectivity index (χ1v) is 1.18. The fraction of sp³-hybridized carbons (Fsp3) is 0. The Hall–Kier alpha value is 0.275. The van der Waals surface area contributed by atoms with Gasteiger partial charge in [-0.05, 0) is 0 Å². The Morgan fingerprint density at radius 3 is 2.29 bits per heavy atom.